The summed E-state index contributed by atoms with van der Waals surface area (Å²) in [5.41, 5.74) is 3.77. The lowest BCUT2D eigenvalue weighted by Gasteiger charge is -2.45. The summed E-state index contributed by atoms with van der Waals surface area (Å²) in [7, 11) is 1.61. The van der Waals surface area contributed by atoms with Crippen LogP contribution in [0.3, 0.4) is 0 Å². The molecule has 0 radical (unpaired) electrons. The number of hydrogen-bond donors (Lipinski definition) is 2. The Morgan fingerprint density at radius 2 is 1.75 bits per heavy atom. The maximum Gasteiger partial charge on any atom is 0.303 e. The average Bonchev–Trinajstić information content (AvgIpc) is 3.98. The summed E-state index contributed by atoms with van der Waals surface area (Å²) < 4.78 is 31.5. The fourth-order valence-corrected chi connectivity index (χ4v) is 7.34. The van der Waals surface area contributed by atoms with Gasteiger partial charge in [-0.15, -0.1) is 0 Å². The maximum atomic E-state index is 14.7. The summed E-state index contributed by atoms with van der Waals surface area (Å²) in [5.74, 6) is 0.439. The smallest absolute Gasteiger partial charge is 0.303 e. The molecule has 276 valence electrons. The maximum absolute atomic E-state index is 14.7. The highest BCUT2D eigenvalue weighted by Crippen LogP contribution is 2.37. The topological polar surface area (TPSA) is 118 Å². The Kier molecular flexibility index (Phi) is 12.5. The molecular formula is C40H45BrFN3O7. The molecule has 3 aromatic rings. The molecule has 6 rings (SSSR count). The van der Waals surface area contributed by atoms with E-state index >= 15 is 0 Å². The van der Waals surface area contributed by atoms with Crippen LogP contribution in [0.1, 0.15) is 56.1 Å². The van der Waals surface area contributed by atoms with Crippen LogP contribution in [0.2, 0.25) is 0 Å². The second kappa shape index (κ2) is 17.4. The molecule has 1 saturated carbocycles. The predicted molar refractivity (Wildman–Crippen MR) is 198 cm³/mol. The van der Waals surface area contributed by atoms with E-state index in [9.17, 15) is 18.8 Å². The molecule has 1 aliphatic carbocycles. The van der Waals surface area contributed by atoms with Crippen LogP contribution in [0.25, 0.3) is 5.57 Å². The van der Waals surface area contributed by atoms with E-state index < -0.39 is 5.97 Å². The molecule has 2 heterocycles. The Balaban J connectivity index is 1.19. The van der Waals surface area contributed by atoms with Crippen molar-refractivity contribution in [3.05, 3.63) is 93.7 Å². The molecule has 2 N–H and O–H groups in total. The number of aryl methyl sites for hydroxylation is 1. The van der Waals surface area contributed by atoms with Gasteiger partial charge in [0.05, 0.1) is 30.8 Å². The Labute approximate surface area is 312 Å². The molecule has 10 nitrogen and oxygen atoms in total. The fourth-order valence-electron chi connectivity index (χ4n) is 6.98. The largest absolute Gasteiger partial charge is 0.497 e. The lowest BCUT2D eigenvalue weighted by atomic mass is 9.82. The Hall–Kier alpha value is -4.42. The third kappa shape index (κ3) is 9.71. The van der Waals surface area contributed by atoms with E-state index in [0.29, 0.717) is 66.6 Å². The Morgan fingerprint density at radius 3 is 2.50 bits per heavy atom. The first-order valence-corrected chi connectivity index (χ1v) is 18.7. The Morgan fingerprint density at radius 1 is 0.962 bits per heavy atom. The van der Waals surface area contributed by atoms with Crippen molar-refractivity contribution in [2.75, 3.05) is 40.0 Å². The van der Waals surface area contributed by atoms with Crippen molar-refractivity contribution in [3.8, 4) is 17.2 Å². The number of carboxylic acid groups (broad SMARTS) is 1. The summed E-state index contributed by atoms with van der Waals surface area (Å²) in [6, 6.07) is 19.8. The highest BCUT2D eigenvalue weighted by Gasteiger charge is 2.43. The minimum absolute atomic E-state index is 0.0431. The molecule has 2 amide bonds. The van der Waals surface area contributed by atoms with Crippen LogP contribution in [-0.2, 0) is 20.8 Å². The highest BCUT2D eigenvalue weighted by molar-refractivity contribution is 9.10. The number of hydrogen-bond acceptors (Lipinski definition) is 7. The van der Waals surface area contributed by atoms with Crippen molar-refractivity contribution in [1.82, 2.24) is 15.1 Å². The van der Waals surface area contributed by atoms with Gasteiger partial charge in [-0.2, -0.15) is 0 Å². The van der Waals surface area contributed by atoms with Crippen molar-refractivity contribution in [2.45, 2.75) is 69.5 Å². The number of fused-ring (bicyclic) bond motifs is 2. The minimum Gasteiger partial charge on any atom is -0.497 e. The van der Waals surface area contributed by atoms with Gasteiger partial charge in [0.2, 0.25) is 5.91 Å². The van der Waals surface area contributed by atoms with Gasteiger partial charge in [0.15, 0.2) is 0 Å². The first-order chi connectivity index (χ1) is 25.2. The van der Waals surface area contributed by atoms with Gasteiger partial charge in [-0.05, 0) is 95.4 Å². The molecule has 3 aliphatic rings. The predicted octanol–water partition coefficient (Wildman–Crippen LogP) is 6.26. The van der Waals surface area contributed by atoms with E-state index in [1.807, 2.05) is 29.2 Å². The van der Waals surface area contributed by atoms with Crippen LogP contribution in [0, 0.1) is 5.82 Å². The zero-order chi connectivity index (χ0) is 36.6. The minimum atomic E-state index is -0.919. The van der Waals surface area contributed by atoms with Gasteiger partial charge in [0, 0.05) is 55.7 Å². The summed E-state index contributed by atoms with van der Waals surface area (Å²) in [6.45, 7) is 2.01. The van der Waals surface area contributed by atoms with Crippen LogP contribution in [0.4, 0.5) is 4.39 Å². The molecule has 0 unspecified atom stereocenters. The van der Waals surface area contributed by atoms with E-state index in [1.54, 1.807) is 18.1 Å². The van der Waals surface area contributed by atoms with Crippen LogP contribution in [0.5, 0.6) is 17.2 Å². The SMILES string of the molecule is COc1cccc(OCCN(C(=O)C2=C(c3ccc(CCCOc4cc(F)ccc4Br)cc3)C[C@@H]3CN(C(=O)CCCC(=O)O)C[C@H]2N3)C2CC2)c1. The highest BCUT2D eigenvalue weighted by atomic mass is 79.9. The van der Waals surface area contributed by atoms with Crippen LogP contribution in [0.15, 0.2) is 76.8 Å². The molecular weight excluding hydrogens is 733 g/mol. The van der Waals surface area contributed by atoms with Crippen molar-refractivity contribution in [1.29, 1.82) is 0 Å². The van der Waals surface area contributed by atoms with E-state index in [2.05, 4.69) is 45.5 Å². The van der Waals surface area contributed by atoms with E-state index in [-0.39, 0.29) is 55.0 Å². The number of carbonyl (C=O) groups excluding carboxylic acids is 2. The summed E-state index contributed by atoms with van der Waals surface area (Å²) in [6.07, 6.45) is 4.33. The standard InChI is InChI=1S/C40H45BrFN3O7/c1-50-31-6-2-7-32(23-31)51-20-18-45(30-15-16-30)40(49)39-33(22-29-24-44(25-35(39)43-29)37(46)8-3-9-38(47)48)27-12-10-26(11-13-27)5-4-19-52-36-21-28(42)14-17-34(36)41/h2,6-7,10-14,17,21,23,29-30,35,43H,3-5,8-9,15-16,18-20,22,24-25H2,1H3,(H,47,48)/t29-,35-/m1/s1. The molecule has 0 aromatic heterocycles. The van der Waals surface area contributed by atoms with Gasteiger partial charge < -0.3 is 34.4 Å². The molecule has 1 saturated heterocycles. The van der Waals surface area contributed by atoms with Gasteiger partial charge in [0.1, 0.15) is 29.7 Å². The van der Waals surface area contributed by atoms with E-state index in [1.165, 1.54) is 12.1 Å². The second-order valence-electron chi connectivity index (χ2n) is 13.5. The number of piperazine rings is 1. The van der Waals surface area contributed by atoms with Gasteiger partial charge in [-0.25, -0.2) is 4.39 Å². The second-order valence-corrected chi connectivity index (χ2v) is 14.4. The first kappa shape index (κ1) is 37.3. The number of methoxy groups -OCH3 is 1. The monoisotopic (exact) mass is 777 g/mol. The number of benzene rings is 3. The quantitative estimate of drug-likeness (QED) is 0.154. The number of amides is 2. The van der Waals surface area contributed by atoms with Crippen molar-refractivity contribution in [2.24, 2.45) is 0 Å². The van der Waals surface area contributed by atoms with Gasteiger partial charge in [-0.1, -0.05) is 30.3 Å². The number of ether oxygens (including phenoxy) is 3. The zero-order valence-corrected chi connectivity index (χ0v) is 30.9. The summed E-state index contributed by atoms with van der Waals surface area (Å²) in [4.78, 5) is 42.7. The van der Waals surface area contributed by atoms with Crippen molar-refractivity contribution >= 4 is 39.3 Å². The molecule has 0 spiro atoms. The summed E-state index contributed by atoms with van der Waals surface area (Å²) >= 11 is 3.40. The molecule has 2 atom stereocenters. The lowest BCUT2D eigenvalue weighted by Crippen LogP contribution is -2.62. The third-order valence-corrected chi connectivity index (χ3v) is 10.4. The van der Waals surface area contributed by atoms with Crippen LogP contribution < -0.4 is 19.5 Å². The first-order valence-electron chi connectivity index (χ1n) is 17.9. The number of rotatable bonds is 17. The van der Waals surface area contributed by atoms with Gasteiger partial charge >= 0.3 is 5.97 Å². The molecule has 2 bridgehead atoms. The molecule has 3 aromatic carbocycles. The van der Waals surface area contributed by atoms with Crippen molar-refractivity contribution in [3.63, 3.8) is 0 Å². The number of carboxylic acids is 1. The zero-order valence-electron chi connectivity index (χ0n) is 29.3. The number of aliphatic carboxylic acids is 1. The number of nitrogens with one attached hydrogen (secondary N) is 1. The third-order valence-electron chi connectivity index (χ3n) is 9.72. The van der Waals surface area contributed by atoms with Crippen LogP contribution in [-0.4, -0.2) is 90.8 Å². The molecule has 12 heteroatoms. The van der Waals surface area contributed by atoms with E-state index in [4.69, 9.17) is 19.3 Å². The Bertz CT molecular complexity index is 1780. The van der Waals surface area contributed by atoms with E-state index in [0.717, 1.165) is 42.4 Å². The number of halogens is 2. The fraction of sp³-hybridized carbons (Fsp3) is 0.425. The van der Waals surface area contributed by atoms with Gasteiger partial charge in [-0.3, -0.25) is 14.4 Å². The number of nitrogens with zero attached hydrogens (tertiary/aromatic N) is 2. The van der Waals surface area contributed by atoms with Gasteiger partial charge in [0.25, 0.3) is 5.91 Å². The number of carbonyl (C=O) groups is 3. The molecule has 2 fully saturated rings. The molecule has 2 aliphatic heterocycles. The van der Waals surface area contributed by atoms with Crippen molar-refractivity contribution < 1.29 is 38.1 Å². The van der Waals surface area contributed by atoms with Crippen LogP contribution >= 0.6 is 15.9 Å². The average molecular weight is 779 g/mol. The lowest BCUT2D eigenvalue weighted by molar-refractivity contribution is -0.138. The normalized spacial score (nSPS) is 18.2. The summed E-state index contributed by atoms with van der Waals surface area (Å²) in [5, 5.41) is 12.7. The molecule has 52 heavy (non-hydrogen) atoms.